The molecule has 25 heavy (non-hydrogen) atoms. The first kappa shape index (κ1) is 17.7. The maximum atomic E-state index is 11.5. The van der Waals surface area contributed by atoms with Crippen LogP contribution in [-0.2, 0) is 11.8 Å². The summed E-state index contributed by atoms with van der Waals surface area (Å²) in [7, 11) is 0. The van der Waals surface area contributed by atoms with Crippen molar-refractivity contribution >= 4 is 5.91 Å². The molecule has 2 aromatic rings. The van der Waals surface area contributed by atoms with E-state index in [1.54, 1.807) is 6.07 Å². The van der Waals surface area contributed by atoms with Gasteiger partial charge in [-0.1, -0.05) is 56.3 Å². The van der Waals surface area contributed by atoms with Crippen molar-refractivity contribution in [3.05, 3.63) is 71.3 Å². The normalized spacial score (nSPS) is 24.2. The van der Waals surface area contributed by atoms with E-state index in [4.69, 9.17) is 5.73 Å². The van der Waals surface area contributed by atoms with Gasteiger partial charge in [0.2, 0.25) is 5.91 Å². The van der Waals surface area contributed by atoms with E-state index >= 15 is 0 Å². The number of rotatable bonds is 5. The van der Waals surface area contributed by atoms with Crippen molar-refractivity contribution in [3.63, 3.8) is 0 Å². The van der Waals surface area contributed by atoms with Crippen molar-refractivity contribution in [2.45, 2.75) is 32.1 Å². The molecule has 3 nitrogen and oxygen atoms in total. The number of nitrogens with zero attached hydrogens (tertiary/aromatic N) is 1. The van der Waals surface area contributed by atoms with Crippen molar-refractivity contribution in [2.75, 3.05) is 19.6 Å². The number of carbonyl (C=O) groups excluding carboxylic acids is 1. The Labute approximate surface area is 150 Å². The summed E-state index contributed by atoms with van der Waals surface area (Å²) in [6, 6.07) is 18.6. The minimum absolute atomic E-state index is 0.0920. The second kappa shape index (κ2) is 7.40. The highest BCUT2D eigenvalue weighted by molar-refractivity contribution is 5.92. The van der Waals surface area contributed by atoms with Crippen LogP contribution in [-0.4, -0.2) is 30.4 Å². The Bertz CT molecular complexity index is 728. The van der Waals surface area contributed by atoms with E-state index in [1.165, 1.54) is 11.1 Å². The molecule has 2 aromatic carbocycles. The smallest absolute Gasteiger partial charge is 0.248 e. The molecule has 3 heteroatoms. The van der Waals surface area contributed by atoms with Gasteiger partial charge in [0, 0.05) is 18.7 Å². The van der Waals surface area contributed by atoms with Crippen LogP contribution in [0.15, 0.2) is 54.6 Å². The summed E-state index contributed by atoms with van der Waals surface area (Å²) in [4.78, 5) is 14.1. The van der Waals surface area contributed by atoms with Crippen LogP contribution in [0.3, 0.4) is 0 Å². The predicted octanol–water partition coefficient (Wildman–Crippen LogP) is 3.63. The SMILES string of the molecule is C[C@H]1CN(CCc2ccccc2)CC[C@]1(C)c1cccc(C(N)=O)c1. The van der Waals surface area contributed by atoms with Crippen molar-refractivity contribution in [1.82, 2.24) is 4.90 Å². The van der Waals surface area contributed by atoms with Crippen LogP contribution < -0.4 is 5.73 Å². The van der Waals surface area contributed by atoms with Crippen molar-refractivity contribution in [2.24, 2.45) is 11.7 Å². The van der Waals surface area contributed by atoms with Gasteiger partial charge in [0.15, 0.2) is 0 Å². The number of nitrogens with two attached hydrogens (primary N) is 1. The summed E-state index contributed by atoms with van der Waals surface area (Å²) >= 11 is 0. The molecule has 0 aromatic heterocycles. The molecule has 1 aliphatic heterocycles. The standard InChI is InChI=1S/C22H28N2O/c1-17-16-24(13-11-18-7-4-3-5-8-18)14-12-22(17,2)20-10-6-9-19(15-20)21(23)25/h3-10,15,17H,11-14,16H2,1-2H3,(H2,23,25)/t17-,22-/m0/s1. The highest BCUT2D eigenvalue weighted by Crippen LogP contribution is 2.39. The third-order valence-corrected chi connectivity index (χ3v) is 5.93. The fourth-order valence-electron chi connectivity index (χ4n) is 3.91. The van der Waals surface area contributed by atoms with E-state index in [1.807, 2.05) is 12.1 Å². The van der Waals surface area contributed by atoms with Crippen LogP contribution in [0.2, 0.25) is 0 Å². The zero-order valence-corrected chi connectivity index (χ0v) is 15.2. The van der Waals surface area contributed by atoms with Crippen molar-refractivity contribution < 1.29 is 4.79 Å². The van der Waals surface area contributed by atoms with Gasteiger partial charge in [0.25, 0.3) is 0 Å². The monoisotopic (exact) mass is 336 g/mol. The summed E-state index contributed by atoms with van der Waals surface area (Å²) in [5.74, 6) is 0.179. The lowest BCUT2D eigenvalue weighted by atomic mass is 9.68. The zero-order valence-electron chi connectivity index (χ0n) is 15.2. The Morgan fingerprint density at radius 2 is 1.96 bits per heavy atom. The number of hydrogen-bond acceptors (Lipinski definition) is 2. The first-order chi connectivity index (χ1) is 12.0. The molecule has 1 saturated heterocycles. The van der Waals surface area contributed by atoms with E-state index < -0.39 is 0 Å². The predicted molar refractivity (Wildman–Crippen MR) is 103 cm³/mol. The zero-order chi connectivity index (χ0) is 17.9. The molecule has 0 unspecified atom stereocenters. The maximum absolute atomic E-state index is 11.5. The number of benzene rings is 2. The molecular formula is C22H28N2O. The first-order valence-corrected chi connectivity index (χ1v) is 9.15. The molecule has 2 atom stereocenters. The lowest BCUT2D eigenvalue weighted by molar-refractivity contribution is 0.0998. The molecule has 0 spiro atoms. The van der Waals surface area contributed by atoms with Crippen molar-refractivity contribution in [1.29, 1.82) is 0 Å². The third kappa shape index (κ3) is 3.93. The van der Waals surface area contributed by atoms with Crippen LogP contribution in [0.25, 0.3) is 0 Å². The molecule has 0 saturated carbocycles. The Kier molecular flexibility index (Phi) is 5.24. The van der Waals surface area contributed by atoms with E-state index in [9.17, 15) is 4.79 Å². The number of piperidine rings is 1. The number of carbonyl (C=O) groups is 1. The van der Waals surface area contributed by atoms with E-state index in [0.29, 0.717) is 11.5 Å². The van der Waals surface area contributed by atoms with Crippen LogP contribution in [0.5, 0.6) is 0 Å². The van der Waals surface area contributed by atoms with Gasteiger partial charge in [0.1, 0.15) is 0 Å². The molecule has 3 rings (SSSR count). The van der Waals surface area contributed by atoms with Gasteiger partial charge in [-0.15, -0.1) is 0 Å². The molecule has 132 valence electrons. The molecule has 1 amide bonds. The van der Waals surface area contributed by atoms with Gasteiger partial charge < -0.3 is 10.6 Å². The fraction of sp³-hybridized carbons (Fsp3) is 0.409. The van der Waals surface area contributed by atoms with Gasteiger partial charge in [-0.3, -0.25) is 4.79 Å². The van der Waals surface area contributed by atoms with E-state index in [0.717, 1.165) is 32.5 Å². The fourth-order valence-corrected chi connectivity index (χ4v) is 3.91. The quantitative estimate of drug-likeness (QED) is 0.906. The van der Waals surface area contributed by atoms with Crippen molar-refractivity contribution in [3.8, 4) is 0 Å². The Morgan fingerprint density at radius 1 is 1.20 bits per heavy atom. The average Bonchev–Trinajstić information content (AvgIpc) is 2.64. The summed E-state index contributed by atoms with van der Waals surface area (Å²) in [6.45, 7) is 7.93. The molecule has 1 fully saturated rings. The summed E-state index contributed by atoms with van der Waals surface area (Å²) in [5, 5.41) is 0. The Hall–Kier alpha value is -2.13. The van der Waals surface area contributed by atoms with Gasteiger partial charge in [-0.25, -0.2) is 0 Å². The topological polar surface area (TPSA) is 46.3 Å². The average molecular weight is 336 g/mol. The Balaban J connectivity index is 1.66. The molecular weight excluding hydrogens is 308 g/mol. The molecule has 0 bridgehead atoms. The second-order valence-corrected chi connectivity index (χ2v) is 7.55. The lowest BCUT2D eigenvalue weighted by Gasteiger charge is -2.45. The van der Waals surface area contributed by atoms with Gasteiger partial charge in [0.05, 0.1) is 0 Å². The summed E-state index contributed by atoms with van der Waals surface area (Å²) in [6.07, 6.45) is 2.20. The minimum atomic E-state index is -0.349. The number of likely N-dealkylation sites (tertiary alicyclic amines) is 1. The van der Waals surface area contributed by atoms with Crippen LogP contribution in [0, 0.1) is 5.92 Å². The first-order valence-electron chi connectivity index (χ1n) is 9.15. The van der Waals surface area contributed by atoms with E-state index in [2.05, 4.69) is 55.1 Å². The molecule has 2 N–H and O–H groups in total. The lowest BCUT2D eigenvalue weighted by Crippen LogP contribution is -2.47. The van der Waals surface area contributed by atoms with Crippen LogP contribution >= 0.6 is 0 Å². The molecule has 0 aliphatic carbocycles. The number of hydrogen-bond donors (Lipinski definition) is 1. The van der Waals surface area contributed by atoms with Crippen LogP contribution in [0.1, 0.15) is 41.8 Å². The van der Waals surface area contributed by atoms with Gasteiger partial charge in [-0.05, 0) is 54.0 Å². The molecule has 1 aliphatic rings. The minimum Gasteiger partial charge on any atom is -0.366 e. The maximum Gasteiger partial charge on any atom is 0.248 e. The van der Waals surface area contributed by atoms with Gasteiger partial charge in [-0.2, -0.15) is 0 Å². The number of amides is 1. The highest BCUT2D eigenvalue weighted by Gasteiger charge is 2.37. The third-order valence-electron chi connectivity index (χ3n) is 5.93. The highest BCUT2D eigenvalue weighted by atomic mass is 16.1. The Morgan fingerprint density at radius 3 is 2.64 bits per heavy atom. The molecule has 1 heterocycles. The molecule has 0 radical (unpaired) electrons. The second-order valence-electron chi connectivity index (χ2n) is 7.55. The largest absolute Gasteiger partial charge is 0.366 e. The van der Waals surface area contributed by atoms with Crippen LogP contribution in [0.4, 0.5) is 0 Å². The van der Waals surface area contributed by atoms with Gasteiger partial charge >= 0.3 is 0 Å². The van der Waals surface area contributed by atoms with E-state index in [-0.39, 0.29) is 11.3 Å². The number of primary amides is 1. The summed E-state index contributed by atoms with van der Waals surface area (Å²) in [5.41, 5.74) is 8.80. The summed E-state index contributed by atoms with van der Waals surface area (Å²) < 4.78 is 0.